The van der Waals surface area contributed by atoms with E-state index < -0.39 is 5.54 Å². The number of carbonyl (C=O) groups is 1. The van der Waals surface area contributed by atoms with Crippen molar-refractivity contribution in [3.63, 3.8) is 0 Å². The molecule has 0 aliphatic carbocycles. The van der Waals surface area contributed by atoms with Gasteiger partial charge in [0, 0.05) is 20.3 Å². The van der Waals surface area contributed by atoms with E-state index in [1.54, 1.807) is 14.0 Å². The van der Waals surface area contributed by atoms with E-state index in [9.17, 15) is 4.79 Å². The lowest BCUT2D eigenvalue weighted by atomic mass is 9.96. The summed E-state index contributed by atoms with van der Waals surface area (Å²) in [5.74, 6) is -0.0539. The van der Waals surface area contributed by atoms with Crippen molar-refractivity contribution in [2.75, 3.05) is 20.3 Å². The summed E-state index contributed by atoms with van der Waals surface area (Å²) in [5.41, 5.74) is 5.15. The highest BCUT2D eigenvalue weighted by atomic mass is 35.5. The summed E-state index contributed by atoms with van der Waals surface area (Å²) in [7, 11) is 1.68. The van der Waals surface area contributed by atoms with E-state index in [0.717, 1.165) is 32.3 Å². The van der Waals surface area contributed by atoms with Crippen LogP contribution in [0.1, 0.15) is 39.5 Å². The Morgan fingerprint density at radius 2 is 2.06 bits per heavy atom. The van der Waals surface area contributed by atoms with E-state index in [1.807, 2.05) is 6.92 Å². The molecule has 98 valence electrons. The number of ether oxygens (including phenoxy) is 1. The van der Waals surface area contributed by atoms with Crippen LogP contribution in [-0.4, -0.2) is 31.7 Å². The van der Waals surface area contributed by atoms with Crippen LogP contribution in [0.5, 0.6) is 0 Å². The number of rotatable bonds is 8. The van der Waals surface area contributed by atoms with Crippen LogP contribution in [-0.2, 0) is 9.53 Å². The minimum Gasteiger partial charge on any atom is -0.385 e. The summed E-state index contributed by atoms with van der Waals surface area (Å²) in [5, 5.41) is 2.85. The lowest BCUT2D eigenvalue weighted by Gasteiger charge is -2.22. The first-order valence-electron chi connectivity index (χ1n) is 5.60. The molecule has 0 spiro atoms. The van der Waals surface area contributed by atoms with Gasteiger partial charge < -0.3 is 15.8 Å². The normalized spacial score (nSPS) is 13.8. The van der Waals surface area contributed by atoms with Gasteiger partial charge in [0.15, 0.2) is 0 Å². The van der Waals surface area contributed by atoms with Crippen LogP contribution in [0.2, 0.25) is 0 Å². The van der Waals surface area contributed by atoms with Gasteiger partial charge in [0.1, 0.15) is 0 Å². The highest BCUT2D eigenvalue weighted by Gasteiger charge is 2.26. The summed E-state index contributed by atoms with van der Waals surface area (Å²) in [6.45, 7) is 5.22. The Morgan fingerprint density at radius 1 is 1.44 bits per heavy atom. The van der Waals surface area contributed by atoms with Crippen LogP contribution >= 0.6 is 12.4 Å². The average Bonchev–Trinajstić information content (AvgIpc) is 2.17. The largest absolute Gasteiger partial charge is 0.385 e. The molecule has 0 radical (unpaired) electrons. The van der Waals surface area contributed by atoms with E-state index in [0.29, 0.717) is 6.54 Å². The van der Waals surface area contributed by atoms with E-state index in [-0.39, 0.29) is 18.3 Å². The second-order valence-corrected chi connectivity index (χ2v) is 4.12. The predicted molar refractivity (Wildman–Crippen MR) is 68.9 cm³/mol. The predicted octanol–water partition coefficient (Wildman–Crippen LogP) is 1.47. The van der Waals surface area contributed by atoms with Crippen molar-refractivity contribution in [1.29, 1.82) is 0 Å². The monoisotopic (exact) mass is 252 g/mol. The number of nitrogens with one attached hydrogen (secondary N) is 1. The Morgan fingerprint density at radius 3 is 2.56 bits per heavy atom. The molecule has 0 rings (SSSR count). The van der Waals surface area contributed by atoms with Gasteiger partial charge in [-0.3, -0.25) is 4.79 Å². The summed E-state index contributed by atoms with van der Waals surface area (Å²) in [4.78, 5) is 11.6. The van der Waals surface area contributed by atoms with Crippen LogP contribution in [0.4, 0.5) is 0 Å². The van der Waals surface area contributed by atoms with E-state index in [4.69, 9.17) is 10.5 Å². The number of hydrogen-bond donors (Lipinski definition) is 2. The fraction of sp³-hybridized carbons (Fsp3) is 0.909. The molecule has 1 atom stereocenters. The molecule has 0 saturated heterocycles. The molecule has 0 aromatic carbocycles. The van der Waals surface area contributed by atoms with Gasteiger partial charge in [0.2, 0.25) is 5.91 Å². The van der Waals surface area contributed by atoms with Crippen LogP contribution < -0.4 is 11.1 Å². The maximum Gasteiger partial charge on any atom is 0.239 e. The fourth-order valence-corrected chi connectivity index (χ4v) is 1.41. The lowest BCUT2D eigenvalue weighted by molar-refractivity contribution is -0.126. The van der Waals surface area contributed by atoms with Crippen LogP contribution in [0.25, 0.3) is 0 Å². The smallest absolute Gasteiger partial charge is 0.239 e. The van der Waals surface area contributed by atoms with Gasteiger partial charge in [-0.05, 0) is 26.2 Å². The number of unbranched alkanes of at least 4 members (excludes halogenated alkanes) is 1. The molecule has 0 heterocycles. The topological polar surface area (TPSA) is 64.4 Å². The molecular weight excluding hydrogens is 228 g/mol. The zero-order valence-corrected chi connectivity index (χ0v) is 11.4. The van der Waals surface area contributed by atoms with Gasteiger partial charge in [0.25, 0.3) is 0 Å². The van der Waals surface area contributed by atoms with E-state index >= 15 is 0 Å². The number of nitrogens with two attached hydrogens (primary N) is 1. The van der Waals surface area contributed by atoms with Gasteiger partial charge in [-0.15, -0.1) is 12.4 Å². The standard InChI is InChI=1S/C11H24N2O2.ClH/c1-4-7-11(2,12)10(14)13-8-5-6-9-15-3;/h4-9,12H2,1-3H3,(H,13,14);1H. The number of halogens is 1. The molecule has 0 aliphatic heterocycles. The highest BCUT2D eigenvalue weighted by molar-refractivity contribution is 5.85. The second-order valence-electron chi connectivity index (χ2n) is 4.12. The molecule has 1 unspecified atom stereocenters. The van der Waals surface area contributed by atoms with Crippen LogP contribution in [0, 0.1) is 0 Å². The second kappa shape index (κ2) is 9.87. The minimum absolute atomic E-state index is 0. The van der Waals surface area contributed by atoms with Crippen LogP contribution in [0.3, 0.4) is 0 Å². The molecule has 0 saturated carbocycles. The van der Waals surface area contributed by atoms with E-state index in [1.165, 1.54) is 0 Å². The third-order valence-corrected chi connectivity index (χ3v) is 2.35. The van der Waals surface area contributed by atoms with Gasteiger partial charge in [-0.1, -0.05) is 13.3 Å². The van der Waals surface area contributed by atoms with Crippen molar-refractivity contribution in [1.82, 2.24) is 5.32 Å². The number of methoxy groups -OCH3 is 1. The summed E-state index contributed by atoms with van der Waals surface area (Å²) in [6.07, 6.45) is 3.54. The first-order chi connectivity index (χ1) is 7.04. The summed E-state index contributed by atoms with van der Waals surface area (Å²) >= 11 is 0. The molecular formula is C11H25ClN2O2. The Bertz CT molecular complexity index is 187. The lowest BCUT2D eigenvalue weighted by Crippen LogP contribution is -2.51. The zero-order valence-electron chi connectivity index (χ0n) is 10.5. The van der Waals surface area contributed by atoms with Crippen molar-refractivity contribution in [3.05, 3.63) is 0 Å². The van der Waals surface area contributed by atoms with Crippen molar-refractivity contribution >= 4 is 18.3 Å². The maximum atomic E-state index is 11.6. The van der Waals surface area contributed by atoms with Crippen LogP contribution in [0.15, 0.2) is 0 Å². The molecule has 0 bridgehead atoms. The molecule has 4 nitrogen and oxygen atoms in total. The quantitative estimate of drug-likeness (QED) is 0.643. The molecule has 0 aromatic rings. The van der Waals surface area contributed by atoms with E-state index in [2.05, 4.69) is 5.32 Å². The molecule has 1 amide bonds. The first kappa shape index (κ1) is 18.1. The number of hydrogen-bond acceptors (Lipinski definition) is 3. The van der Waals surface area contributed by atoms with Gasteiger partial charge >= 0.3 is 0 Å². The highest BCUT2D eigenvalue weighted by Crippen LogP contribution is 2.08. The van der Waals surface area contributed by atoms with Crippen molar-refractivity contribution in [2.45, 2.75) is 45.1 Å². The molecule has 16 heavy (non-hydrogen) atoms. The summed E-state index contributed by atoms with van der Waals surface area (Å²) < 4.78 is 4.92. The molecule has 3 N–H and O–H groups in total. The Hall–Kier alpha value is -0.320. The average molecular weight is 253 g/mol. The Kier molecular flexibility index (Phi) is 11.1. The Balaban J connectivity index is 0. The first-order valence-corrected chi connectivity index (χ1v) is 5.60. The van der Waals surface area contributed by atoms with Crippen molar-refractivity contribution in [2.24, 2.45) is 5.73 Å². The SMILES string of the molecule is CCCC(C)(N)C(=O)NCCCCOC.Cl. The fourth-order valence-electron chi connectivity index (χ4n) is 1.41. The van der Waals surface area contributed by atoms with Gasteiger partial charge in [-0.25, -0.2) is 0 Å². The Labute approximate surface area is 105 Å². The minimum atomic E-state index is -0.726. The molecule has 0 aliphatic rings. The number of carbonyl (C=O) groups excluding carboxylic acids is 1. The summed E-state index contributed by atoms with van der Waals surface area (Å²) in [6, 6.07) is 0. The van der Waals surface area contributed by atoms with Crippen molar-refractivity contribution < 1.29 is 9.53 Å². The number of amides is 1. The van der Waals surface area contributed by atoms with Crippen molar-refractivity contribution in [3.8, 4) is 0 Å². The zero-order chi connectivity index (χ0) is 11.7. The van der Waals surface area contributed by atoms with Gasteiger partial charge in [0.05, 0.1) is 5.54 Å². The third kappa shape index (κ3) is 7.91. The third-order valence-electron chi connectivity index (χ3n) is 2.35. The van der Waals surface area contributed by atoms with Gasteiger partial charge in [-0.2, -0.15) is 0 Å². The maximum absolute atomic E-state index is 11.6. The molecule has 5 heteroatoms. The molecule has 0 aromatic heterocycles. The molecule has 0 fully saturated rings.